The van der Waals surface area contributed by atoms with Gasteiger partial charge in [-0.2, -0.15) is 0 Å². The number of aryl methyl sites for hydroxylation is 1. The molecule has 5 aliphatic rings. The minimum Gasteiger partial charge on any atom is -0.504 e. The fourth-order valence-corrected chi connectivity index (χ4v) is 9.05. The van der Waals surface area contributed by atoms with Crippen LogP contribution >= 0.6 is 0 Å². The van der Waals surface area contributed by atoms with Gasteiger partial charge in [-0.25, -0.2) is 0 Å². The number of ketones is 1. The van der Waals surface area contributed by atoms with Gasteiger partial charge in [0.1, 0.15) is 5.78 Å². The Balaban J connectivity index is 1.02. The lowest BCUT2D eigenvalue weighted by Gasteiger charge is -2.48. The quantitative estimate of drug-likeness (QED) is 0.209. The van der Waals surface area contributed by atoms with Crippen LogP contribution in [0.5, 0.6) is 11.5 Å². The Labute approximate surface area is 277 Å². The molecule has 0 spiro atoms. The Morgan fingerprint density at radius 3 is 2.96 bits per heavy atom. The number of ether oxygens (including phenoxy) is 1. The summed E-state index contributed by atoms with van der Waals surface area (Å²) in [5.41, 5.74) is 15.2. The number of allylic oxidation sites excluding steroid dienone is 1. The third kappa shape index (κ3) is 6.03. The van der Waals surface area contributed by atoms with Crippen LogP contribution in [0.3, 0.4) is 0 Å². The third-order valence-electron chi connectivity index (χ3n) is 11.2. The zero-order chi connectivity index (χ0) is 32.7. The molecule has 3 aliphatic heterocycles. The minimum atomic E-state index is -0.834. The van der Waals surface area contributed by atoms with Gasteiger partial charge >= 0.3 is 0 Å². The van der Waals surface area contributed by atoms with Crippen LogP contribution in [0.25, 0.3) is 0 Å². The SMILES string of the molecule is CCC[C@H](O)C[C@@H](O)CC(=O)CCc1ccc(O)c(OCN2C=C3N=CC([C@]45CCC[C@H]4C[C@@H]4CN[C@@H](N)c6cccc5c64)=C3C2)c1. The van der Waals surface area contributed by atoms with Crippen molar-refractivity contribution in [1.82, 2.24) is 10.2 Å². The number of nitrogens with two attached hydrogens (primary N) is 1. The number of aliphatic imine (C=N–C) groups is 1. The predicted molar refractivity (Wildman–Crippen MR) is 181 cm³/mol. The first-order valence-corrected chi connectivity index (χ1v) is 17.5. The highest BCUT2D eigenvalue weighted by molar-refractivity contribution is 5.91. The number of phenols is 1. The molecule has 6 N–H and O–H groups in total. The standard InChI is InChI=1S/C38H48N4O5/c1-2-5-26(43)16-28(45)17-27(44)11-9-23-10-12-34(46)35(14-23)47-22-42-20-30-32(19-40-33(30)21-42)38-13-4-6-25(38)15-24-18-41-37(39)29-7-3-8-31(38)36(24)29/h3,7-8,10,12,14,19,21,24-26,28,37,41,43,45-46H,2,4-6,9,11,13,15-18,20,22,39H2,1H3/t24-,25+,26+,28-,37-,38-/m1/s1. The second-order valence-corrected chi connectivity index (χ2v) is 14.2. The number of fused-ring (bicyclic) bond motifs is 3. The van der Waals surface area contributed by atoms with E-state index in [0.29, 0.717) is 37.0 Å². The van der Waals surface area contributed by atoms with E-state index < -0.39 is 12.2 Å². The molecule has 0 aromatic heterocycles. The number of benzene rings is 2. The van der Waals surface area contributed by atoms with Crippen LogP contribution in [0.15, 0.2) is 64.4 Å². The molecule has 0 radical (unpaired) electrons. The van der Waals surface area contributed by atoms with Gasteiger partial charge in [0.15, 0.2) is 18.2 Å². The molecule has 9 nitrogen and oxygen atoms in total. The summed E-state index contributed by atoms with van der Waals surface area (Å²) < 4.78 is 6.13. The number of carbonyl (C=O) groups is 1. The van der Waals surface area contributed by atoms with Crippen molar-refractivity contribution >= 4 is 12.0 Å². The summed E-state index contributed by atoms with van der Waals surface area (Å²) in [6.07, 6.45) is 9.84. The average molecular weight is 641 g/mol. The van der Waals surface area contributed by atoms with Crippen molar-refractivity contribution in [2.24, 2.45) is 16.6 Å². The molecule has 6 atom stereocenters. The number of phenolic OH excluding ortho intramolecular Hbond substituents is 1. The summed E-state index contributed by atoms with van der Waals surface area (Å²) in [6, 6.07) is 11.9. The molecule has 0 saturated heterocycles. The van der Waals surface area contributed by atoms with Crippen LogP contribution < -0.4 is 15.8 Å². The highest BCUT2D eigenvalue weighted by atomic mass is 16.5. The molecular formula is C38H48N4O5. The maximum atomic E-state index is 12.5. The van der Waals surface area contributed by atoms with Crippen molar-refractivity contribution in [1.29, 1.82) is 0 Å². The second-order valence-electron chi connectivity index (χ2n) is 14.2. The minimum absolute atomic E-state index is 0.0340. The van der Waals surface area contributed by atoms with E-state index in [-0.39, 0.29) is 49.1 Å². The number of aliphatic hydroxyl groups excluding tert-OH is 2. The highest BCUT2D eigenvalue weighted by Gasteiger charge is 2.54. The van der Waals surface area contributed by atoms with Crippen molar-refractivity contribution < 1.29 is 24.9 Å². The smallest absolute Gasteiger partial charge is 0.163 e. The molecular weight excluding hydrogens is 592 g/mol. The molecule has 9 heteroatoms. The van der Waals surface area contributed by atoms with E-state index in [2.05, 4.69) is 40.8 Å². The molecule has 1 fully saturated rings. The van der Waals surface area contributed by atoms with Gasteiger partial charge in [-0.3, -0.25) is 15.1 Å². The number of rotatable bonds is 13. The largest absolute Gasteiger partial charge is 0.504 e. The van der Waals surface area contributed by atoms with Crippen molar-refractivity contribution in [3.63, 3.8) is 0 Å². The first-order chi connectivity index (χ1) is 22.8. The number of Topliss-reactive ketones (excluding diaryl/α,β-unsaturated/α-hetero) is 1. The molecule has 0 bridgehead atoms. The Bertz CT molecular complexity index is 1620. The van der Waals surface area contributed by atoms with E-state index in [1.807, 2.05) is 6.92 Å². The topological polar surface area (TPSA) is 141 Å². The van der Waals surface area contributed by atoms with E-state index in [4.69, 9.17) is 15.5 Å². The summed E-state index contributed by atoms with van der Waals surface area (Å²) in [5.74, 6) is 1.45. The molecule has 7 rings (SSSR count). The summed E-state index contributed by atoms with van der Waals surface area (Å²) in [7, 11) is 0. The maximum Gasteiger partial charge on any atom is 0.163 e. The summed E-state index contributed by atoms with van der Waals surface area (Å²) in [4.78, 5) is 19.5. The lowest BCUT2D eigenvalue weighted by atomic mass is 9.57. The number of hydrogen-bond donors (Lipinski definition) is 5. The Morgan fingerprint density at radius 2 is 2.11 bits per heavy atom. The van der Waals surface area contributed by atoms with Crippen molar-refractivity contribution in [3.05, 3.63) is 81.7 Å². The molecule has 250 valence electrons. The zero-order valence-electron chi connectivity index (χ0n) is 27.3. The van der Waals surface area contributed by atoms with E-state index in [0.717, 1.165) is 30.6 Å². The fraction of sp³-hybridized carbons (Fsp3) is 0.526. The Kier molecular flexibility index (Phi) is 9.00. The molecule has 1 saturated carbocycles. The molecule has 3 heterocycles. The van der Waals surface area contributed by atoms with Crippen LogP contribution in [0.4, 0.5) is 0 Å². The fourth-order valence-electron chi connectivity index (χ4n) is 9.05. The van der Waals surface area contributed by atoms with Crippen molar-refractivity contribution in [3.8, 4) is 11.5 Å². The molecule has 2 aliphatic carbocycles. The van der Waals surface area contributed by atoms with Crippen LogP contribution in [-0.2, 0) is 16.6 Å². The average Bonchev–Trinajstić information content (AvgIpc) is 3.77. The second kappa shape index (κ2) is 13.2. The summed E-state index contributed by atoms with van der Waals surface area (Å²) in [6.45, 7) is 3.87. The van der Waals surface area contributed by atoms with Gasteiger partial charge < -0.3 is 30.7 Å². The van der Waals surface area contributed by atoms with Crippen LogP contribution in [-0.4, -0.2) is 64.2 Å². The molecule has 2 aromatic rings. The van der Waals surface area contributed by atoms with Gasteiger partial charge in [-0.15, -0.1) is 0 Å². The normalized spacial score (nSPS) is 26.9. The Morgan fingerprint density at radius 1 is 1.23 bits per heavy atom. The predicted octanol–water partition coefficient (Wildman–Crippen LogP) is 4.86. The number of hydrogen-bond acceptors (Lipinski definition) is 9. The number of nitrogens with zero attached hydrogens (tertiary/aromatic N) is 2. The van der Waals surface area contributed by atoms with E-state index in [1.165, 1.54) is 47.1 Å². The van der Waals surface area contributed by atoms with Gasteiger partial charge in [0.25, 0.3) is 0 Å². The van der Waals surface area contributed by atoms with Gasteiger partial charge in [0.05, 0.1) is 24.1 Å². The number of nitrogens with one attached hydrogen (secondary N) is 1. The van der Waals surface area contributed by atoms with Gasteiger partial charge in [-0.1, -0.05) is 44.0 Å². The van der Waals surface area contributed by atoms with E-state index in [9.17, 15) is 20.1 Å². The number of aromatic hydroxyl groups is 1. The first kappa shape index (κ1) is 32.1. The highest BCUT2D eigenvalue weighted by Crippen LogP contribution is 2.61. The summed E-state index contributed by atoms with van der Waals surface area (Å²) in [5, 5.41) is 34.2. The van der Waals surface area contributed by atoms with Crippen LogP contribution in [0.1, 0.15) is 99.0 Å². The summed E-state index contributed by atoms with van der Waals surface area (Å²) >= 11 is 0. The van der Waals surface area contributed by atoms with Gasteiger partial charge in [0, 0.05) is 49.3 Å². The van der Waals surface area contributed by atoms with Crippen LogP contribution in [0, 0.1) is 5.92 Å². The molecule has 2 aromatic carbocycles. The van der Waals surface area contributed by atoms with Gasteiger partial charge in [0.2, 0.25) is 0 Å². The number of aliphatic hydroxyl groups is 2. The van der Waals surface area contributed by atoms with E-state index in [1.54, 1.807) is 18.2 Å². The van der Waals surface area contributed by atoms with Crippen LogP contribution in [0.2, 0.25) is 0 Å². The maximum absolute atomic E-state index is 12.5. The van der Waals surface area contributed by atoms with E-state index >= 15 is 0 Å². The first-order valence-electron chi connectivity index (χ1n) is 17.5. The van der Waals surface area contributed by atoms with Crippen molar-refractivity contribution in [2.75, 3.05) is 19.8 Å². The molecule has 0 unspecified atom stereocenters. The van der Waals surface area contributed by atoms with Gasteiger partial charge in [-0.05, 0) is 90.3 Å². The Hall–Kier alpha value is -3.50. The lowest BCUT2D eigenvalue weighted by Crippen LogP contribution is -2.46. The van der Waals surface area contributed by atoms with Crippen molar-refractivity contribution in [2.45, 2.75) is 101 Å². The zero-order valence-corrected chi connectivity index (χ0v) is 27.3. The number of carbonyl (C=O) groups excluding carboxylic acids is 1. The third-order valence-corrected chi connectivity index (χ3v) is 11.2. The molecule has 47 heavy (non-hydrogen) atoms. The molecule has 0 amide bonds. The monoisotopic (exact) mass is 640 g/mol. The lowest BCUT2D eigenvalue weighted by molar-refractivity contribution is -0.121.